The van der Waals surface area contributed by atoms with Gasteiger partial charge < -0.3 is 20.3 Å². The number of benzene rings is 1. The highest BCUT2D eigenvalue weighted by Gasteiger charge is 2.32. The number of anilines is 2. The molecule has 4 heterocycles. The molecule has 4 aromatic rings. The number of nitrogens with two attached hydrogens (primary N) is 1. The molecular weight excluding hydrogens is 589 g/mol. The van der Waals surface area contributed by atoms with Gasteiger partial charge in [-0.2, -0.15) is 4.98 Å². The van der Waals surface area contributed by atoms with E-state index in [1.54, 1.807) is 23.1 Å². The van der Waals surface area contributed by atoms with Crippen LogP contribution in [-0.4, -0.2) is 61.8 Å². The molecule has 1 atom stereocenters. The number of fused-ring (bicyclic) bond motifs is 1. The van der Waals surface area contributed by atoms with Crippen LogP contribution < -0.4 is 16.3 Å². The van der Waals surface area contributed by atoms with E-state index >= 15 is 0 Å². The topological polar surface area (TPSA) is 119 Å². The van der Waals surface area contributed by atoms with Crippen LogP contribution in [0.1, 0.15) is 53.0 Å². The minimum atomic E-state index is -0.604. The summed E-state index contributed by atoms with van der Waals surface area (Å²) in [5, 5.41) is 1.17. The predicted molar refractivity (Wildman–Crippen MR) is 172 cm³/mol. The molecule has 1 fully saturated rings. The van der Waals surface area contributed by atoms with E-state index in [-0.39, 0.29) is 28.9 Å². The van der Waals surface area contributed by atoms with E-state index < -0.39 is 11.3 Å². The molecule has 2 N–H and O–H groups in total. The second-order valence-corrected chi connectivity index (χ2v) is 12.8. The third-order valence-corrected chi connectivity index (χ3v) is 7.84. The van der Waals surface area contributed by atoms with Crippen LogP contribution in [0.15, 0.2) is 47.3 Å². The zero-order valence-corrected chi connectivity index (χ0v) is 26.6. The SMILES string of the molecule is CC(C)c1ccccc1-n1c(=O)nc(N2CCN(C(=O)OC(C)(C)C)CC2C)c2cc(Cl)c(-c3nc(N)ccc3Cl)nc21. The lowest BCUT2D eigenvalue weighted by Crippen LogP contribution is -2.55. The van der Waals surface area contributed by atoms with Crippen LogP contribution in [0.25, 0.3) is 28.1 Å². The van der Waals surface area contributed by atoms with Crippen molar-refractivity contribution in [1.29, 1.82) is 0 Å². The van der Waals surface area contributed by atoms with Gasteiger partial charge in [-0.3, -0.25) is 0 Å². The van der Waals surface area contributed by atoms with Crippen molar-refractivity contribution in [3.63, 3.8) is 0 Å². The summed E-state index contributed by atoms with van der Waals surface area (Å²) in [4.78, 5) is 44.3. The Hall–Kier alpha value is -3.89. The summed E-state index contributed by atoms with van der Waals surface area (Å²) in [5.41, 5.74) is 7.46. The third kappa shape index (κ3) is 6.12. The van der Waals surface area contributed by atoms with Gasteiger partial charge in [0.25, 0.3) is 0 Å². The second-order valence-electron chi connectivity index (χ2n) is 12.0. The van der Waals surface area contributed by atoms with E-state index in [9.17, 15) is 9.59 Å². The van der Waals surface area contributed by atoms with Gasteiger partial charge in [0.15, 0.2) is 5.65 Å². The zero-order chi connectivity index (χ0) is 31.2. The van der Waals surface area contributed by atoms with Crippen LogP contribution in [0.2, 0.25) is 10.0 Å². The molecule has 1 saturated heterocycles. The fourth-order valence-corrected chi connectivity index (χ4v) is 5.71. The average molecular weight is 625 g/mol. The monoisotopic (exact) mass is 623 g/mol. The van der Waals surface area contributed by atoms with Crippen molar-refractivity contribution in [2.75, 3.05) is 30.3 Å². The van der Waals surface area contributed by atoms with Gasteiger partial charge in [0.05, 0.1) is 21.1 Å². The first-order chi connectivity index (χ1) is 20.2. The molecule has 10 nitrogen and oxygen atoms in total. The Balaban J connectivity index is 1.71. The lowest BCUT2D eigenvalue weighted by atomic mass is 10.0. The molecule has 0 spiro atoms. The highest BCUT2D eigenvalue weighted by molar-refractivity contribution is 6.36. The van der Waals surface area contributed by atoms with Crippen molar-refractivity contribution in [2.24, 2.45) is 0 Å². The van der Waals surface area contributed by atoms with Gasteiger partial charge >= 0.3 is 11.8 Å². The first-order valence-corrected chi connectivity index (χ1v) is 14.9. The lowest BCUT2D eigenvalue weighted by molar-refractivity contribution is 0.0218. The van der Waals surface area contributed by atoms with E-state index in [1.165, 1.54) is 4.57 Å². The van der Waals surface area contributed by atoms with Gasteiger partial charge in [0, 0.05) is 25.7 Å². The number of nitrogen functional groups attached to an aromatic ring is 1. The summed E-state index contributed by atoms with van der Waals surface area (Å²) >= 11 is 13.4. The van der Waals surface area contributed by atoms with Crippen LogP contribution in [0.3, 0.4) is 0 Å². The molecule has 226 valence electrons. The number of ether oxygens (including phenoxy) is 1. The Kier molecular flexibility index (Phi) is 8.28. The Morgan fingerprint density at radius 1 is 1.02 bits per heavy atom. The van der Waals surface area contributed by atoms with E-state index in [0.717, 1.165) is 5.56 Å². The van der Waals surface area contributed by atoms with Gasteiger partial charge in [-0.1, -0.05) is 55.2 Å². The van der Waals surface area contributed by atoms with E-state index in [1.807, 2.05) is 56.9 Å². The number of hydrogen-bond acceptors (Lipinski definition) is 8. The van der Waals surface area contributed by atoms with Crippen LogP contribution in [-0.2, 0) is 4.74 Å². The Bertz CT molecular complexity index is 1770. The summed E-state index contributed by atoms with van der Waals surface area (Å²) in [6.45, 7) is 12.8. The number of hydrogen-bond donors (Lipinski definition) is 1. The first-order valence-electron chi connectivity index (χ1n) is 14.1. The molecule has 12 heteroatoms. The largest absolute Gasteiger partial charge is 0.444 e. The Labute approximate surface area is 260 Å². The number of piperazine rings is 1. The predicted octanol–water partition coefficient (Wildman–Crippen LogP) is 6.30. The molecule has 1 unspecified atom stereocenters. The zero-order valence-electron chi connectivity index (χ0n) is 25.1. The molecule has 0 radical (unpaired) electrons. The molecule has 1 amide bonds. The van der Waals surface area contributed by atoms with Crippen molar-refractivity contribution in [3.8, 4) is 17.1 Å². The van der Waals surface area contributed by atoms with Crippen molar-refractivity contribution in [2.45, 2.75) is 59.1 Å². The van der Waals surface area contributed by atoms with Gasteiger partial charge in [0.2, 0.25) is 0 Å². The number of para-hydroxylation sites is 1. The maximum absolute atomic E-state index is 14.0. The molecule has 0 bridgehead atoms. The molecule has 0 saturated carbocycles. The maximum Gasteiger partial charge on any atom is 0.410 e. The summed E-state index contributed by atoms with van der Waals surface area (Å²) < 4.78 is 7.10. The number of halogens is 2. The van der Waals surface area contributed by atoms with E-state index in [0.29, 0.717) is 58.6 Å². The number of nitrogens with zero attached hydrogens (tertiary/aromatic N) is 6. The van der Waals surface area contributed by atoms with Gasteiger partial charge in [-0.05, 0) is 63.4 Å². The maximum atomic E-state index is 14.0. The second kappa shape index (κ2) is 11.7. The minimum Gasteiger partial charge on any atom is -0.444 e. The number of amides is 1. The quantitative estimate of drug-likeness (QED) is 0.281. The molecule has 1 aliphatic rings. The number of rotatable bonds is 4. The van der Waals surface area contributed by atoms with Crippen molar-refractivity contribution in [3.05, 3.63) is 68.6 Å². The number of carbonyl (C=O) groups excluding carboxylic acids is 1. The van der Waals surface area contributed by atoms with Gasteiger partial charge in [0.1, 0.15) is 28.6 Å². The highest BCUT2D eigenvalue weighted by Crippen LogP contribution is 2.37. The molecular formula is C31H35Cl2N7O3. The minimum absolute atomic E-state index is 0.121. The standard InChI is InChI=1S/C31H35Cl2N7O3/c1-17(2)19-9-7-8-10-23(19)40-28-20(15-22(33)26(36-28)25-21(32)11-12-24(34)35-25)27(37-29(40)41)39-14-13-38(16-18(39)3)30(42)43-31(4,5)6/h7-12,15,17-18H,13-14,16H2,1-6H3,(H2,34,35). The third-order valence-electron chi connectivity index (χ3n) is 7.24. The van der Waals surface area contributed by atoms with Crippen LogP contribution in [0, 0.1) is 0 Å². The number of aromatic nitrogens is 4. The molecule has 1 aromatic carbocycles. The van der Waals surface area contributed by atoms with Crippen LogP contribution >= 0.6 is 23.2 Å². The van der Waals surface area contributed by atoms with Crippen molar-refractivity contribution < 1.29 is 9.53 Å². The Morgan fingerprint density at radius 3 is 2.40 bits per heavy atom. The van der Waals surface area contributed by atoms with Crippen LogP contribution in [0.4, 0.5) is 16.4 Å². The number of pyridine rings is 2. The van der Waals surface area contributed by atoms with Crippen molar-refractivity contribution in [1.82, 2.24) is 24.4 Å². The molecule has 1 aliphatic heterocycles. The van der Waals surface area contributed by atoms with Crippen LogP contribution in [0.5, 0.6) is 0 Å². The molecule has 3 aromatic heterocycles. The van der Waals surface area contributed by atoms with E-state index in [4.69, 9.17) is 38.7 Å². The average Bonchev–Trinajstić information content (AvgIpc) is 2.93. The first kappa shape index (κ1) is 30.6. The highest BCUT2D eigenvalue weighted by atomic mass is 35.5. The molecule has 5 rings (SSSR count). The van der Waals surface area contributed by atoms with E-state index in [2.05, 4.69) is 23.8 Å². The summed E-state index contributed by atoms with van der Waals surface area (Å²) in [7, 11) is 0. The summed E-state index contributed by atoms with van der Waals surface area (Å²) in [6, 6.07) is 12.5. The molecule has 0 aliphatic carbocycles. The smallest absolute Gasteiger partial charge is 0.410 e. The van der Waals surface area contributed by atoms with Crippen molar-refractivity contribution >= 4 is 52.0 Å². The Morgan fingerprint density at radius 2 is 1.72 bits per heavy atom. The normalized spacial score (nSPS) is 15.8. The summed E-state index contributed by atoms with van der Waals surface area (Å²) in [5.74, 6) is 0.810. The molecule has 43 heavy (non-hydrogen) atoms. The fourth-order valence-electron chi connectivity index (χ4n) is 5.27. The lowest BCUT2D eigenvalue weighted by Gasteiger charge is -2.41. The summed E-state index contributed by atoms with van der Waals surface area (Å²) in [6.07, 6.45) is -0.376. The fraction of sp³-hybridized carbons (Fsp3) is 0.387. The van der Waals surface area contributed by atoms with Gasteiger partial charge in [-0.25, -0.2) is 24.1 Å². The number of carbonyl (C=O) groups is 1. The van der Waals surface area contributed by atoms with Gasteiger partial charge in [-0.15, -0.1) is 0 Å².